The first kappa shape index (κ1) is 16.0. The Morgan fingerprint density at radius 2 is 1.87 bits per heavy atom. The summed E-state index contributed by atoms with van der Waals surface area (Å²) in [4.78, 5) is 34.4. The lowest BCUT2D eigenvalue weighted by Crippen LogP contribution is -2.18. The standard InChI is InChI=1S/C14H11FN4O4/c15-9-1-2-10(19-14(22)23)11(5-9)18-13(21)6-12(20)8-3-4-16-17-7-8/h1-5,7,19H,6H2,(H,18,21)(H,22,23). The highest BCUT2D eigenvalue weighted by Crippen LogP contribution is 2.23. The zero-order valence-electron chi connectivity index (χ0n) is 11.6. The second-order valence-corrected chi connectivity index (χ2v) is 4.40. The van der Waals surface area contributed by atoms with Gasteiger partial charge in [-0.1, -0.05) is 0 Å². The van der Waals surface area contributed by atoms with Gasteiger partial charge in [0.25, 0.3) is 0 Å². The first-order chi connectivity index (χ1) is 11.0. The van der Waals surface area contributed by atoms with Crippen LogP contribution >= 0.6 is 0 Å². The lowest BCUT2D eigenvalue weighted by Gasteiger charge is -2.10. The number of benzene rings is 1. The zero-order chi connectivity index (χ0) is 16.8. The number of amides is 2. The van der Waals surface area contributed by atoms with Crippen LogP contribution in [0.4, 0.5) is 20.6 Å². The van der Waals surface area contributed by atoms with Crippen molar-refractivity contribution in [2.24, 2.45) is 0 Å². The number of ketones is 1. The van der Waals surface area contributed by atoms with Gasteiger partial charge in [-0.2, -0.15) is 10.2 Å². The SMILES string of the molecule is O=C(O)Nc1ccc(F)cc1NC(=O)CC(=O)c1ccnnc1. The largest absolute Gasteiger partial charge is 0.465 e. The average molecular weight is 318 g/mol. The molecule has 0 radical (unpaired) electrons. The van der Waals surface area contributed by atoms with Gasteiger partial charge in [0.1, 0.15) is 5.82 Å². The van der Waals surface area contributed by atoms with Crippen molar-refractivity contribution in [3.8, 4) is 0 Å². The maximum absolute atomic E-state index is 13.3. The predicted octanol–water partition coefficient (Wildman–Crippen LogP) is 1.92. The molecule has 8 nitrogen and oxygen atoms in total. The Morgan fingerprint density at radius 1 is 1.09 bits per heavy atom. The second-order valence-electron chi connectivity index (χ2n) is 4.40. The number of carboxylic acid groups (broad SMARTS) is 1. The lowest BCUT2D eigenvalue weighted by atomic mass is 10.1. The monoisotopic (exact) mass is 318 g/mol. The molecule has 0 aliphatic heterocycles. The van der Waals surface area contributed by atoms with Gasteiger partial charge >= 0.3 is 6.09 Å². The van der Waals surface area contributed by atoms with Crippen molar-refractivity contribution in [2.45, 2.75) is 6.42 Å². The molecule has 1 aromatic carbocycles. The van der Waals surface area contributed by atoms with Crippen molar-refractivity contribution in [1.29, 1.82) is 0 Å². The zero-order valence-corrected chi connectivity index (χ0v) is 11.6. The van der Waals surface area contributed by atoms with Gasteiger partial charge in [0.05, 0.1) is 30.2 Å². The van der Waals surface area contributed by atoms with Crippen LogP contribution < -0.4 is 10.6 Å². The van der Waals surface area contributed by atoms with Crippen LogP contribution in [0, 0.1) is 5.82 Å². The quantitative estimate of drug-likeness (QED) is 0.572. The molecule has 0 fully saturated rings. The maximum atomic E-state index is 13.3. The van der Waals surface area contributed by atoms with E-state index in [1.54, 1.807) is 0 Å². The molecule has 9 heteroatoms. The average Bonchev–Trinajstić information content (AvgIpc) is 2.50. The minimum absolute atomic E-state index is 0.00900. The van der Waals surface area contributed by atoms with Crippen LogP contribution in [-0.2, 0) is 4.79 Å². The number of anilines is 2. The molecule has 2 amide bonds. The predicted molar refractivity (Wildman–Crippen MR) is 77.7 cm³/mol. The number of aromatic nitrogens is 2. The van der Waals surface area contributed by atoms with Crippen LogP contribution in [0.25, 0.3) is 0 Å². The summed E-state index contributed by atoms with van der Waals surface area (Å²) in [5.41, 5.74) is 0.113. The molecule has 2 rings (SSSR count). The molecule has 0 unspecified atom stereocenters. The van der Waals surface area contributed by atoms with E-state index in [2.05, 4.69) is 15.5 Å². The Hall–Kier alpha value is -3.36. The minimum atomic E-state index is -1.37. The summed E-state index contributed by atoms with van der Waals surface area (Å²) in [6.45, 7) is 0. The van der Waals surface area contributed by atoms with Crippen LogP contribution in [0.1, 0.15) is 16.8 Å². The summed E-state index contributed by atoms with van der Waals surface area (Å²) in [6.07, 6.45) is 0.655. The number of carbonyl (C=O) groups excluding carboxylic acids is 2. The molecule has 1 heterocycles. The molecular weight excluding hydrogens is 307 g/mol. The van der Waals surface area contributed by atoms with Crippen LogP contribution in [0.3, 0.4) is 0 Å². The highest BCUT2D eigenvalue weighted by atomic mass is 19.1. The van der Waals surface area contributed by atoms with E-state index in [-0.39, 0.29) is 16.9 Å². The van der Waals surface area contributed by atoms with E-state index in [9.17, 15) is 18.8 Å². The topological polar surface area (TPSA) is 121 Å². The molecule has 0 aliphatic rings. The molecule has 23 heavy (non-hydrogen) atoms. The molecule has 0 atom stereocenters. The molecule has 118 valence electrons. The number of carbonyl (C=O) groups is 3. The Balaban J connectivity index is 2.09. The Labute approximate surface area is 129 Å². The number of Topliss-reactive ketones (excluding diaryl/α,β-unsaturated/α-hetero) is 1. The fourth-order valence-corrected chi connectivity index (χ4v) is 1.74. The highest BCUT2D eigenvalue weighted by molar-refractivity contribution is 6.11. The number of hydrogen-bond donors (Lipinski definition) is 3. The molecule has 0 aliphatic carbocycles. The second kappa shape index (κ2) is 7.07. The van der Waals surface area contributed by atoms with Crippen molar-refractivity contribution in [1.82, 2.24) is 10.2 Å². The normalized spacial score (nSPS) is 9.96. The van der Waals surface area contributed by atoms with Crippen LogP contribution in [0.5, 0.6) is 0 Å². The van der Waals surface area contributed by atoms with E-state index in [4.69, 9.17) is 5.11 Å². The van der Waals surface area contributed by atoms with E-state index in [1.165, 1.54) is 18.5 Å². The van der Waals surface area contributed by atoms with Crippen LogP contribution in [0.2, 0.25) is 0 Å². The third-order valence-electron chi connectivity index (χ3n) is 2.72. The number of halogens is 1. The Bertz CT molecular complexity index is 752. The van der Waals surface area contributed by atoms with Crippen LogP contribution in [-0.4, -0.2) is 33.1 Å². The lowest BCUT2D eigenvalue weighted by molar-refractivity contribution is -0.115. The smallest absolute Gasteiger partial charge is 0.409 e. The Kier molecular flexibility index (Phi) is 4.92. The van der Waals surface area contributed by atoms with E-state index >= 15 is 0 Å². The molecule has 2 aromatic rings. The van der Waals surface area contributed by atoms with Gasteiger partial charge in [0.15, 0.2) is 5.78 Å². The number of hydrogen-bond acceptors (Lipinski definition) is 5. The van der Waals surface area contributed by atoms with Crippen molar-refractivity contribution >= 4 is 29.2 Å². The molecule has 0 saturated carbocycles. The van der Waals surface area contributed by atoms with Crippen LogP contribution in [0.15, 0.2) is 36.7 Å². The van der Waals surface area contributed by atoms with E-state index in [0.29, 0.717) is 0 Å². The van der Waals surface area contributed by atoms with E-state index in [1.807, 2.05) is 5.32 Å². The fourth-order valence-electron chi connectivity index (χ4n) is 1.74. The third-order valence-corrected chi connectivity index (χ3v) is 2.72. The van der Waals surface area contributed by atoms with Gasteiger partial charge in [-0.05, 0) is 24.3 Å². The van der Waals surface area contributed by atoms with Gasteiger partial charge in [-0.15, -0.1) is 0 Å². The summed E-state index contributed by atoms with van der Waals surface area (Å²) in [5, 5.41) is 20.1. The van der Waals surface area contributed by atoms with Gasteiger partial charge in [-0.25, -0.2) is 9.18 Å². The molecule has 3 N–H and O–H groups in total. The van der Waals surface area contributed by atoms with Gasteiger partial charge in [0.2, 0.25) is 5.91 Å². The van der Waals surface area contributed by atoms with Crippen molar-refractivity contribution < 1.29 is 23.9 Å². The summed E-state index contributed by atoms with van der Waals surface area (Å²) >= 11 is 0. The Morgan fingerprint density at radius 3 is 2.52 bits per heavy atom. The number of nitrogens with zero attached hydrogens (tertiary/aromatic N) is 2. The first-order valence-electron chi connectivity index (χ1n) is 6.35. The maximum Gasteiger partial charge on any atom is 0.409 e. The van der Waals surface area contributed by atoms with Crippen molar-refractivity contribution in [3.63, 3.8) is 0 Å². The molecule has 1 aromatic heterocycles. The highest BCUT2D eigenvalue weighted by Gasteiger charge is 2.15. The van der Waals surface area contributed by atoms with E-state index < -0.39 is 30.0 Å². The number of nitrogens with one attached hydrogen (secondary N) is 2. The number of rotatable bonds is 5. The molecular formula is C14H11FN4O4. The summed E-state index contributed by atoms with van der Waals surface area (Å²) in [5.74, 6) is -1.88. The summed E-state index contributed by atoms with van der Waals surface area (Å²) in [6, 6.07) is 4.55. The van der Waals surface area contributed by atoms with Gasteiger partial charge in [0, 0.05) is 5.56 Å². The fraction of sp³-hybridized carbons (Fsp3) is 0.0714. The van der Waals surface area contributed by atoms with Gasteiger partial charge < -0.3 is 10.4 Å². The molecule has 0 bridgehead atoms. The van der Waals surface area contributed by atoms with Crippen molar-refractivity contribution in [3.05, 3.63) is 48.0 Å². The third kappa shape index (κ3) is 4.56. The summed E-state index contributed by atoms with van der Waals surface area (Å²) < 4.78 is 13.3. The summed E-state index contributed by atoms with van der Waals surface area (Å²) in [7, 11) is 0. The van der Waals surface area contributed by atoms with Crippen molar-refractivity contribution in [2.75, 3.05) is 10.6 Å². The first-order valence-corrected chi connectivity index (χ1v) is 6.35. The van der Waals surface area contributed by atoms with E-state index in [0.717, 1.165) is 18.2 Å². The minimum Gasteiger partial charge on any atom is -0.465 e. The molecule has 0 saturated heterocycles. The van der Waals surface area contributed by atoms with Gasteiger partial charge in [-0.3, -0.25) is 14.9 Å². The molecule has 0 spiro atoms.